The normalized spacial score (nSPS) is 11.9. The molecular formula is C17H16BrN3O2. The van der Waals surface area contributed by atoms with E-state index in [2.05, 4.69) is 26.1 Å². The molecule has 1 N–H and O–H groups in total. The summed E-state index contributed by atoms with van der Waals surface area (Å²) in [6.07, 6.45) is 0. The van der Waals surface area contributed by atoms with Gasteiger partial charge in [0.15, 0.2) is 0 Å². The molecule has 0 bridgehead atoms. The Balaban J connectivity index is 2.61. The van der Waals surface area contributed by atoms with Gasteiger partial charge in [-0.05, 0) is 45.0 Å². The van der Waals surface area contributed by atoms with Crippen LogP contribution in [-0.2, 0) is 4.84 Å². The second-order valence-corrected chi connectivity index (χ2v) is 6.75. The summed E-state index contributed by atoms with van der Waals surface area (Å²) in [6, 6.07) is 12.2. The number of oxime groups is 1. The van der Waals surface area contributed by atoms with E-state index >= 15 is 0 Å². The molecule has 1 heterocycles. The van der Waals surface area contributed by atoms with E-state index in [1.54, 1.807) is 0 Å². The van der Waals surface area contributed by atoms with Crippen LogP contribution in [0.15, 0.2) is 46.0 Å². The molecule has 0 amide bonds. The summed E-state index contributed by atoms with van der Waals surface area (Å²) in [5, 5.41) is 23.4. The third kappa shape index (κ3) is 4.54. The Morgan fingerprint density at radius 1 is 1.30 bits per heavy atom. The van der Waals surface area contributed by atoms with Gasteiger partial charge in [0.25, 0.3) is 0 Å². The maximum atomic E-state index is 10.1. The van der Waals surface area contributed by atoms with Gasteiger partial charge in [-0.2, -0.15) is 5.26 Å². The minimum Gasteiger partial charge on any atom is -0.506 e. The van der Waals surface area contributed by atoms with E-state index in [-0.39, 0.29) is 17.1 Å². The number of nitriles is 1. The van der Waals surface area contributed by atoms with Gasteiger partial charge in [-0.3, -0.25) is 0 Å². The van der Waals surface area contributed by atoms with Crippen LogP contribution in [0, 0.1) is 11.3 Å². The molecule has 1 aromatic heterocycles. The maximum Gasteiger partial charge on any atom is 0.143 e. The van der Waals surface area contributed by atoms with Crippen molar-refractivity contribution in [3.63, 3.8) is 0 Å². The lowest BCUT2D eigenvalue weighted by molar-refractivity contribution is 0.00111. The Hall–Kier alpha value is -2.39. The molecule has 0 spiro atoms. The highest BCUT2D eigenvalue weighted by atomic mass is 79.9. The molecule has 0 unspecified atom stereocenters. The second-order valence-electron chi connectivity index (χ2n) is 5.83. The molecule has 0 aliphatic rings. The molecule has 5 nitrogen and oxygen atoms in total. The first kappa shape index (κ1) is 17.0. The van der Waals surface area contributed by atoms with Gasteiger partial charge in [0.1, 0.15) is 34.5 Å². The van der Waals surface area contributed by atoms with Crippen molar-refractivity contribution in [3.05, 3.63) is 57.8 Å². The summed E-state index contributed by atoms with van der Waals surface area (Å²) in [5.41, 5.74) is 0.958. The van der Waals surface area contributed by atoms with Crippen LogP contribution in [-0.4, -0.2) is 21.4 Å². The van der Waals surface area contributed by atoms with Gasteiger partial charge in [0, 0.05) is 10.0 Å². The molecule has 23 heavy (non-hydrogen) atoms. The largest absolute Gasteiger partial charge is 0.506 e. The van der Waals surface area contributed by atoms with Crippen LogP contribution in [0.25, 0.3) is 0 Å². The quantitative estimate of drug-likeness (QED) is 0.651. The number of rotatable bonds is 3. The zero-order valence-electron chi connectivity index (χ0n) is 13.0. The summed E-state index contributed by atoms with van der Waals surface area (Å²) < 4.78 is 0.856. The number of benzene rings is 1. The van der Waals surface area contributed by atoms with Crippen LogP contribution in [0.4, 0.5) is 0 Å². The highest BCUT2D eigenvalue weighted by molar-refractivity contribution is 9.10. The van der Waals surface area contributed by atoms with Gasteiger partial charge in [0.2, 0.25) is 0 Å². The number of halogens is 1. The summed E-state index contributed by atoms with van der Waals surface area (Å²) in [7, 11) is 0. The van der Waals surface area contributed by atoms with Crippen molar-refractivity contribution in [3.8, 4) is 11.8 Å². The number of hydrogen-bond donors (Lipinski definition) is 1. The smallest absolute Gasteiger partial charge is 0.143 e. The van der Waals surface area contributed by atoms with Crippen LogP contribution in [0.1, 0.15) is 37.7 Å². The second kappa shape index (κ2) is 6.80. The molecule has 2 aromatic rings. The minimum absolute atomic E-state index is 0.0692. The first-order chi connectivity index (χ1) is 10.8. The van der Waals surface area contributed by atoms with Crippen LogP contribution in [0.5, 0.6) is 5.75 Å². The van der Waals surface area contributed by atoms with Crippen molar-refractivity contribution in [1.82, 2.24) is 4.98 Å². The molecular weight excluding hydrogens is 358 g/mol. The van der Waals surface area contributed by atoms with E-state index in [0.717, 1.165) is 4.47 Å². The Kier molecular flexibility index (Phi) is 5.02. The summed E-state index contributed by atoms with van der Waals surface area (Å²) in [4.78, 5) is 9.67. The van der Waals surface area contributed by atoms with E-state index < -0.39 is 5.60 Å². The fourth-order valence-electron chi connectivity index (χ4n) is 1.74. The highest BCUT2D eigenvalue weighted by Gasteiger charge is 2.18. The Bertz CT molecular complexity index is 789. The van der Waals surface area contributed by atoms with Crippen LogP contribution < -0.4 is 0 Å². The monoisotopic (exact) mass is 373 g/mol. The third-order valence-corrected chi connectivity index (χ3v) is 3.21. The molecule has 0 saturated heterocycles. The Morgan fingerprint density at radius 2 is 2.04 bits per heavy atom. The average molecular weight is 374 g/mol. The predicted molar refractivity (Wildman–Crippen MR) is 91.2 cm³/mol. The fourth-order valence-corrected chi connectivity index (χ4v) is 2.14. The van der Waals surface area contributed by atoms with Gasteiger partial charge in [-0.25, -0.2) is 4.98 Å². The van der Waals surface area contributed by atoms with Crippen LogP contribution in [0.3, 0.4) is 0 Å². The minimum atomic E-state index is -0.500. The van der Waals surface area contributed by atoms with E-state index in [4.69, 9.17) is 10.1 Å². The van der Waals surface area contributed by atoms with Crippen molar-refractivity contribution in [2.75, 3.05) is 0 Å². The maximum absolute atomic E-state index is 10.1. The molecule has 0 fully saturated rings. The van der Waals surface area contributed by atoms with Crippen molar-refractivity contribution in [1.29, 1.82) is 5.26 Å². The van der Waals surface area contributed by atoms with Gasteiger partial charge in [-0.1, -0.05) is 33.2 Å². The number of nitrogens with zero attached hydrogens (tertiary/aromatic N) is 3. The topological polar surface area (TPSA) is 78.5 Å². The predicted octanol–water partition coefficient (Wildman–Crippen LogP) is 3.99. The van der Waals surface area contributed by atoms with E-state index in [1.807, 2.05) is 51.1 Å². The number of aromatic nitrogens is 1. The molecule has 2 rings (SSSR count). The highest BCUT2D eigenvalue weighted by Crippen LogP contribution is 2.23. The fraction of sp³-hybridized carbons (Fsp3) is 0.235. The number of hydrogen-bond acceptors (Lipinski definition) is 5. The SMILES string of the molecule is CC(C)(C)O/N=C(/c1cccc(Br)c1)c1nc(C#N)ccc1O. The van der Waals surface area contributed by atoms with Crippen LogP contribution >= 0.6 is 15.9 Å². The lowest BCUT2D eigenvalue weighted by Crippen LogP contribution is -2.18. The molecule has 0 aliphatic carbocycles. The molecule has 0 radical (unpaired) electrons. The molecule has 6 heteroatoms. The summed E-state index contributed by atoms with van der Waals surface area (Å²) in [5.74, 6) is -0.0692. The van der Waals surface area contributed by atoms with Gasteiger partial charge < -0.3 is 9.94 Å². The summed E-state index contributed by atoms with van der Waals surface area (Å²) in [6.45, 7) is 5.61. The Labute approximate surface area is 143 Å². The summed E-state index contributed by atoms with van der Waals surface area (Å²) >= 11 is 3.41. The van der Waals surface area contributed by atoms with E-state index in [0.29, 0.717) is 11.3 Å². The lowest BCUT2D eigenvalue weighted by atomic mass is 10.1. The number of pyridine rings is 1. The van der Waals surface area contributed by atoms with E-state index in [1.165, 1.54) is 12.1 Å². The molecule has 118 valence electrons. The van der Waals surface area contributed by atoms with Gasteiger partial charge in [-0.15, -0.1) is 0 Å². The van der Waals surface area contributed by atoms with E-state index in [9.17, 15) is 5.11 Å². The van der Waals surface area contributed by atoms with Crippen molar-refractivity contribution >= 4 is 21.6 Å². The first-order valence-electron chi connectivity index (χ1n) is 6.93. The molecule has 1 aromatic carbocycles. The zero-order chi connectivity index (χ0) is 17.0. The zero-order valence-corrected chi connectivity index (χ0v) is 14.6. The average Bonchev–Trinajstić information content (AvgIpc) is 2.48. The molecule has 0 atom stereocenters. The Morgan fingerprint density at radius 3 is 2.65 bits per heavy atom. The first-order valence-corrected chi connectivity index (χ1v) is 7.72. The van der Waals surface area contributed by atoms with Crippen molar-refractivity contribution < 1.29 is 9.94 Å². The van der Waals surface area contributed by atoms with Gasteiger partial charge in [0.05, 0.1) is 0 Å². The third-order valence-electron chi connectivity index (χ3n) is 2.72. The van der Waals surface area contributed by atoms with Crippen molar-refractivity contribution in [2.24, 2.45) is 5.16 Å². The standard InChI is InChI=1S/C17H16BrN3O2/c1-17(2,3)23-21-15(11-5-4-6-12(18)9-11)16-14(22)8-7-13(10-19)20-16/h4-9,22H,1-3H3/b21-15-. The number of aromatic hydroxyl groups is 1. The lowest BCUT2D eigenvalue weighted by Gasteiger charge is -2.17. The van der Waals surface area contributed by atoms with Crippen molar-refractivity contribution in [2.45, 2.75) is 26.4 Å². The van der Waals surface area contributed by atoms with Gasteiger partial charge >= 0.3 is 0 Å². The molecule has 0 saturated carbocycles. The molecule has 0 aliphatic heterocycles. The van der Waals surface area contributed by atoms with Crippen LogP contribution in [0.2, 0.25) is 0 Å².